The van der Waals surface area contributed by atoms with Crippen molar-refractivity contribution < 1.29 is 0 Å². The van der Waals surface area contributed by atoms with Crippen molar-refractivity contribution in [3.8, 4) is 27.9 Å². The maximum absolute atomic E-state index is 4.85. The minimum absolute atomic E-state index is 0.397. The number of hydrogen-bond acceptors (Lipinski definition) is 2. The number of imidazole rings is 1. The van der Waals surface area contributed by atoms with E-state index in [-0.39, 0.29) is 0 Å². The zero-order chi connectivity index (χ0) is 27.8. The van der Waals surface area contributed by atoms with E-state index in [2.05, 4.69) is 151 Å². The van der Waals surface area contributed by atoms with Gasteiger partial charge in [-0.25, -0.2) is 4.98 Å². The molecule has 0 N–H and O–H groups in total. The van der Waals surface area contributed by atoms with Crippen molar-refractivity contribution in [1.29, 1.82) is 0 Å². The smallest absolute Gasteiger partial charge is 0.111 e. The Morgan fingerprint density at radius 2 is 1.24 bits per heavy atom. The highest BCUT2D eigenvalue weighted by atomic mass is 32.2. The van der Waals surface area contributed by atoms with Crippen LogP contribution < -0.4 is 0 Å². The highest BCUT2D eigenvalue weighted by Crippen LogP contribution is 2.56. The fourth-order valence-corrected chi connectivity index (χ4v) is 8.42. The molecule has 42 heavy (non-hydrogen) atoms. The lowest BCUT2D eigenvalue weighted by atomic mass is 9.67. The van der Waals surface area contributed by atoms with Crippen LogP contribution in [0.2, 0.25) is 0 Å². The highest BCUT2D eigenvalue weighted by Gasteiger charge is 2.46. The van der Waals surface area contributed by atoms with Crippen molar-refractivity contribution in [2.75, 3.05) is 0 Å². The van der Waals surface area contributed by atoms with Gasteiger partial charge in [-0.05, 0) is 81.8 Å². The molecule has 0 bridgehead atoms. The Kier molecular flexibility index (Phi) is 5.00. The van der Waals surface area contributed by atoms with Crippen LogP contribution in [0.15, 0.2) is 149 Å². The van der Waals surface area contributed by atoms with Gasteiger partial charge in [-0.2, -0.15) is 0 Å². The summed E-state index contributed by atoms with van der Waals surface area (Å²) in [7, 11) is 0. The van der Waals surface area contributed by atoms with Crippen LogP contribution in [0, 0.1) is 6.92 Å². The van der Waals surface area contributed by atoms with Gasteiger partial charge < -0.3 is 0 Å². The van der Waals surface area contributed by atoms with Gasteiger partial charge in [0.25, 0.3) is 0 Å². The second-order valence-electron chi connectivity index (χ2n) is 11.2. The minimum Gasteiger partial charge on any atom is -0.294 e. The maximum atomic E-state index is 4.85. The molecule has 198 valence electrons. The summed E-state index contributed by atoms with van der Waals surface area (Å²) in [5.41, 5.74) is 13.4. The first kappa shape index (κ1) is 23.8. The van der Waals surface area contributed by atoms with Crippen molar-refractivity contribution >= 4 is 22.8 Å². The number of aryl methyl sites for hydroxylation is 1. The van der Waals surface area contributed by atoms with Crippen molar-refractivity contribution in [3.05, 3.63) is 168 Å². The van der Waals surface area contributed by atoms with Crippen molar-refractivity contribution in [2.45, 2.75) is 22.1 Å². The van der Waals surface area contributed by atoms with E-state index in [1.165, 1.54) is 65.5 Å². The summed E-state index contributed by atoms with van der Waals surface area (Å²) in [6.45, 7) is 2.10. The van der Waals surface area contributed by atoms with Crippen molar-refractivity contribution in [3.63, 3.8) is 0 Å². The van der Waals surface area contributed by atoms with Crippen molar-refractivity contribution in [1.82, 2.24) is 9.55 Å². The number of aromatic nitrogens is 2. The van der Waals surface area contributed by atoms with Gasteiger partial charge in [-0.1, -0.05) is 121 Å². The topological polar surface area (TPSA) is 17.8 Å². The van der Waals surface area contributed by atoms with E-state index in [1.807, 2.05) is 11.8 Å². The lowest BCUT2D eigenvalue weighted by Crippen LogP contribution is -2.28. The van der Waals surface area contributed by atoms with Gasteiger partial charge in [-0.15, -0.1) is 0 Å². The predicted molar refractivity (Wildman–Crippen MR) is 173 cm³/mol. The Bertz CT molecular complexity index is 2140. The van der Waals surface area contributed by atoms with Crippen LogP contribution in [0.25, 0.3) is 39.0 Å². The summed E-state index contributed by atoms with van der Waals surface area (Å²) in [6, 6.07) is 51.4. The Morgan fingerprint density at radius 3 is 2.02 bits per heavy atom. The molecule has 0 radical (unpaired) electrons. The summed E-state index contributed by atoms with van der Waals surface area (Å²) in [4.78, 5) is 7.36. The molecule has 0 amide bonds. The monoisotopic (exact) mass is 554 g/mol. The average Bonchev–Trinajstić information content (AvgIpc) is 3.55. The third-order valence-corrected chi connectivity index (χ3v) is 10.1. The van der Waals surface area contributed by atoms with E-state index in [4.69, 9.17) is 4.98 Å². The molecule has 0 saturated heterocycles. The fourth-order valence-electron chi connectivity index (χ4n) is 7.29. The van der Waals surface area contributed by atoms with Crippen LogP contribution >= 0.6 is 11.8 Å². The summed E-state index contributed by atoms with van der Waals surface area (Å²) >= 11 is 1.85. The van der Waals surface area contributed by atoms with Gasteiger partial charge in [0.2, 0.25) is 0 Å². The molecule has 2 nitrogen and oxygen atoms in total. The number of rotatable bonds is 3. The molecular weight excluding hydrogens is 529 g/mol. The SMILES string of the molecule is Cc1nc2cccc3c2n1-c1ccc(-c2ccc4c(c2)C(c2ccccc2)(c2ccccc2)c2ccccc2-4)cc1S3. The maximum Gasteiger partial charge on any atom is 0.111 e. The Labute approximate surface area is 249 Å². The molecule has 1 aromatic heterocycles. The van der Waals surface area contributed by atoms with Crippen LogP contribution in [0.1, 0.15) is 28.1 Å². The van der Waals surface area contributed by atoms with Gasteiger partial charge in [-0.3, -0.25) is 4.57 Å². The summed E-state index contributed by atoms with van der Waals surface area (Å²) in [5.74, 6) is 1.03. The number of benzene rings is 6. The second-order valence-corrected chi connectivity index (χ2v) is 12.3. The number of hydrogen-bond donors (Lipinski definition) is 0. The molecule has 7 aromatic rings. The first-order valence-corrected chi connectivity index (χ1v) is 15.2. The quantitative estimate of drug-likeness (QED) is 0.216. The van der Waals surface area contributed by atoms with E-state index in [1.54, 1.807) is 0 Å². The van der Waals surface area contributed by atoms with Gasteiger partial charge in [0.15, 0.2) is 0 Å². The second kappa shape index (κ2) is 8.82. The molecule has 2 aliphatic rings. The van der Waals surface area contributed by atoms with Crippen LogP contribution in [-0.2, 0) is 5.41 Å². The fraction of sp³-hybridized carbons (Fsp3) is 0.0513. The first-order chi connectivity index (χ1) is 20.7. The third-order valence-electron chi connectivity index (χ3n) is 9.02. The lowest BCUT2D eigenvalue weighted by Gasteiger charge is -2.34. The predicted octanol–water partition coefficient (Wildman–Crippen LogP) is 9.83. The molecule has 6 aromatic carbocycles. The summed E-state index contributed by atoms with van der Waals surface area (Å²) in [6.07, 6.45) is 0. The molecule has 1 aliphatic heterocycles. The number of para-hydroxylation sites is 1. The van der Waals surface area contributed by atoms with E-state index < -0.39 is 5.41 Å². The third kappa shape index (κ3) is 3.14. The molecule has 0 atom stereocenters. The normalized spacial score (nSPS) is 13.9. The summed E-state index contributed by atoms with van der Waals surface area (Å²) in [5, 5.41) is 0. The van der Waals surface area contributed by atoms with Gasteiger partial charge >= 0.3 is 0 Å². The summed E-state index contributed by atoms with van der Waals surface area (Å²) < 4.78 is 2.31. The first-order valence-electron chi connectivity index (χ1n) is 14.4. The van der Waals surface area contributed by atoms with E-state index in [9.17, 15) is 0 Å². The Balaban J connectivity index is 1.27. The molecule has 0 spiro atoms. The van der Waals surface area contributed by atoms with Crippen LogP contribution in [-0.4, -0.2) is 9.55 Å². The Hall–Kier alpha value is -4.86. The van der Waals surface area contributed by atoms with Crippen LogP contribution in [0.5, 0.6) is 0 Å². The standard InChI is InChI=1S/C39H26N2S/c1-25-40-34-17-10-18-36-38(34)41(25)35-22-20-27(24-37(35)42-36)26-19-21-31-30-15-8-9-16-32(30)39(33(31)23-26,28-11-4-2-5-12-28)29-13-6-3-7-14-29/h2-24H,1H3. The molecule has 3 heteroatoms. The zero-order valence-electron chi connectivity index (χ0n) is 23.1. The number of nitrogens with zero attached hydrogens (tertiary/aromatic N) is 2. The minimum atomic E-state index is -0.397. The molecule has 2 heterocycles. The molecule has 0 unspecified atom stereocenters. The lowest BCUT2D eigenvalue weighted by molar-refractivity contribution is 0.769. The van der Waals surface area contributed by atoms with Crippen LogP contribution in [0.3, 0.4) is 0 Å². The van der Waals surface area contributed by atoms with E-state index >= 15 is 0 Å². The highest BCUT2D eigenvalue weighted by molar-refractivity contribution is 7.99. The average molecular weight is 555 g/mol. The number of fused-ring (bicyclic) bond motifs is 5. The molecule has 0 fully saturated rings. The molecule has 0 saturated carbocycles. The van der Waals surface area contributed by atoms with E-state index in [0.717, 1.165) is 11.3 Å². The zero-order valence-corrected chi connectivity index (χ0v) is 23.9. The van der Waals surface area contributed by atoms with Crippen molar-refractivity contribution in [2.24, 2.45) is 0 Å². The largest absolute Gasteiger partial charge is 0.294 e. The van der Waals surface area contributed by atoms with Crippen LogP contribution in [0.4, 0.5) is 0 Å². The Morgan fingerprint density at radius 1 is 0.571 bits per heavy atom. The molecular formula is C39H26N2S. The van der Waals surface area contributed by atoms with E-state index in [0.29, 0.717) is 0 Å². The van der Waals surface area contributed by atoms with Gasteiger partial charge in [0.1, 0.15) is 5.82 Å². The van der Waals surface area contributed by atoms with Gasteiger partial charge in [0, 0.05) is 9.79 Å². The molecule has 1 aliphatic carbocycles. The van der Waals surface area contributed by atoms with Gasteiger partial charge in [0.05, 0.1) is 22.1 Å². The molecule has 9 rings (SSSR count).